The van der Waals surface area contributed by atoms with Crippen molar-refractivity contribution in [1.82, 2.24) is 0 Å². The van der Waals surface area contributed by atoms with Crippen LogP contribution >= 0.6 is 0 Å². The second-order valence-corrected chi connectivity index (χ2v) is 8.65. The summed E-state index contributed by atoms with van der Waals surface area (Å²) < 4.78 is 15.6. The summed E-state index contributed by atoms with van der Waals surface area (Å²) in [5, 5.41) is 31.4. The van der Waals surface area contributed by atoms with Crippen LogP contribution in [0.4, 0.5) is 0 Å². The molecule has 9 atom stereocenters. The molecule has 0 bridgehead atoms. The zero-order valence-electron chi connectivity index (χ0n) is 17.8. The highest BCUT2D eigenvalue weighted by atomic mass is 16.5. The third-order valence-electron chi connectivity index (χ3n) is 6.78. The van der Waals surface area contributed by atoms with E-state index in [0.29, 0.717) is 25.7 Å². The number of hydrogen-bond acceptors (Lipinski definition) is 8. The van der Waals surface area contributed by atoms with Gasteiger partial charge in [-0.3, -0.25) is 9.59 Å². The van der Waals surface area contributed by atoms with Crippen LogP contribution < -0.4 is 0 Å². The van der Waals surface area contributed by atoms with Gasteiger partial charge in [0, 0.05) is 17.8 Å². The molecule has 3 N–H and O–H groups in total. The summed E-state index contributed by atoms with van der Waals surface area (Å²) >= 11 is 0. The molecule has 0 heterocycles. The molecule has 0 radical (unpaired) electrons. The van der Waals surface area contributed by atoms with Gasteiger partial charge in [0.1, 0.15) is 0 Å². The Labute approximate surface area is 172 Å². The fraction of sp³-hybridized carbons (Fsp3) is 0.905. The van der Waals surface area contributed by atoms with E-state index >= 15 is 0 Å². The van der Waals surface area contributed by atoms with E-state index in [-0.39, 0.29) is 36.9 Å². The van der Waals surface area contributed by atoms with E-state index in [1.807, 2.05) is 13.8 Å². The minimum atomic E-state index is -1.03. The maximum atomic E-state index is 12.1. The van der Waals surface area contributed by atoms with Crippen LogP contribution in [-0.4, -0.2) is 73.0 Å². The highest BCUT2D eigenvalue weighted by molar-refractivity contribution is 5.73. The average molecular weight is 417 g/mol. The lowest BCUT2D eigenvalue weighted by molar-refractivity contribution is -0.166. The molecule has 8 heteroatoms. The predicted molar refractivity (Wildman–Crippen MR) is 104 cm³/mol. The molecule has 2 fully saturated rings. The lowest BCUT2D eigenvalue weighted by Gasteiger charge is -2.42. The van der Waals surface area contributed by atoms with Crippen molar-refractivity contribution in [1.29, 1.82) is 0 Å². The number of aliphatic hydroxyl groups excluding tert-OH is 3. The molecule has 3 unspecified atom stereocenters. The molecule has 0 amide bonds. The molecule has 0 spiro atoms. The molecule has 0 aromatic carbocycles. The first-order valence-electron chi connectivity index (χ1n) is 10.5. The second-order valence-electron chi connectivity index (χ2n) is 8.65. The number of rotatable bonds is 7. The Morgan fingerprint density at radius 1 is 0.862 bits per heavy atom. The van der Waals surface area contributed by atoms with Crippen LogP contribution in [0.1, 0.15) is 39.5 Å². The van der Waals surface area contributed by atoms with Gasteiger partial charge in [-0.1, -0.05) is 13.8 Å². The third kappa shape index (κ3) is 5.48. The molecule has 2 aliphatic carbocycles. The Morgan fingerprint density at radius 3 is 2.00 bits per heavy atom. The van der Waals surface area contributed by atoms with Gasteiger partial charge in [-0.15, -0.1) is 0 Å². The van der Waals surface area contributed by atoms with E-state index < -0.39 is 42.0 Å². The van der Waals surface area contributed by atoms with Crippen LogP contribution in [0.15, 0.2) is 0 Å². The fourth-order valence-corrected chi connectivity index (χ4v) is 5.09. The number of carbonyl (C=O) groups is 2. The van der Waals surface area contributed by atoms with Gasteiger partial charge in [-0.05, 0) is 31.6 Å². The molecule has 2 aliphatic rings. The van der Waals surface area contributed by atoms with Crippen molar-refractivity contribution in [2.45, 2.75) is 57.8 Å². The lowest BCUT2D eigenvalue weighted by Crippen LogP contribution is -2.51. The summed E-state index contributed by atoms with van der Waals surface area (Å²) in [6, 6.07) is 0. The van der Waals surface area contributed by atoms with Crippen molar-refractivity contribution in [3.05, 3.63) is 0 Å². The van der Waals surface area contributed by atoms with Crippen molar-refractivity contribution in [3.63, 3.8) is 0 Å². The van der Waals surface area contributed by atoms with E-state index in [0.717, 1.165) is 0 Å². The molecule has 29 heavy (non-hydrogen) atoms. The van der Waals surface area contributed by atoms with Crippen LogP contribution in [0.2, 0.25) is 0 Å². The summed E-state index contributed by atoms with van der Waals surface area (Å²) in [7, 11) is 2.65. The SMILES string of the molecule is CC[C@H]1C(C(=O)OC)C[C@@H](COC[C@@H]2C(C(=O)OC)C[C@@H](C)C[C@H]2O)C(O)[C@H]1O. The molecule has 2 saturated carbocycles. The predicted octanol–water partition coefficient (Wildman–Crippen LogP) is 0.756. The Morgan fingerprint density at radius 2 is 1.45 bits per heavy atom. The molecule has 168 valence electrons. The number of esters is 2. The van der Waals surface area contributed by atoms with Gasteiger partial charge >= 0.3 is 11.9 Å². The topological polar surface area (TPSA) is 123 Å². The number of hydrogen-bond donors (Lipinski definition) is 3. The number of methoxy groups -OCH3 is 2. The largest absolute Gasteiger partial charge is 0.469 e. The van der Waals surface area contributed by atoms with Gasteiger partial charge in [-0.25, -0.2) is 0 Å². The molecule has 0 aromatic heterocycles. The normalized spacial score (nSPS) is 40.3. The van der Waals surface area contributed by atoms with Crippen LogP contribution in [0.5, 0.6) is 0 Å². The molecular weight excluding hydrogens is 380 g/mol. The molecule has 2 rings (SSSR count). The smallest absolute Gasteiger partial charge is 0.309 e. The first-order chi connectivity index (χ1) is 13.7. The van der Waals surface area contributed by atoms with E-state index in [4.69, 9.17) is 14.2 Å². The first-order valence-corrected chi connectivity index (χ1v) is 10.5. The van der Waals surface area contributed by atoms with Gasteiger partial charge in [0.15, 0.2) is 0 Å². The van der Waals surface area contributed by atoms with Crippen LogP contribution in [0.3, 0.4) is 0 Å². The van der Waals surface area contributed by atoms with Crippen molar-refractivity contribution in [2.24, 2.45) is 35.5 Å². The standard InChI is InChI=1S/C21H36O8/c1-5-13-15(21(26)28-4)8-12(18(23)19(13)24)9-29-10-16-14(20(25)27-3)6-11(2)7-17(16)22/h11-19,22-24H,5-10H2,1-4H3/t11-,12+,13+,14?,15?,16-,17-,18?,19+/m1/s1. The van der Waals surface area contributed by atoms with Gasteiger partial charge in [0.2, 0.25) is 0 Å². The van der Waals surface area contributed by atoms with Gasteiger partial charge in [0.05, 0.1) is 57.6 Å². The maximum Gasteiger partial charge on any atom is 0.309 e. The number of ether oxygens (including phenoxy) is 3. The Kier molecular flexibility index (Phi) is 8.88. The highest BCUT2D eigenvalue weighted by Gasteiger charge is 2.46. The molecule has 0 saturated heterocycles. The molecular formula is C21H36O8. The van der Waals surface area contributed by atoms with E-state index in [2.05, 4.69) is 0 Å². The summed E-state index contributed by atoms with van der Waals surface area (Å²) in [6.07, 6.45) is -0.576. The summed E-state index contributed by atoms with van der Waals surface area (Å²) in [6.45, 7) is 4.13. The number of carbonyl (C=O) groups excluding carboxylic acids is 2. The van der Waals surface area contributed by atoms with Gasteiger partial charge in [-0.2, -0.15) is 0 Å². The lowest BCUT2D eigenvalue weighted by atomic mass is 9.69. The summed E-state index contributed by atoms with van der Waals surface area (Å²) in [4.78, 5) is 24.3. The van der Waals surface area contributed by atoms with Crippen molar-refractivity contribution < 1.29 is 39.1 Å². The van der Waals surface area contributed by atoms with Gasteiger partial charge < -0.3 is 29.5 Å². The van der Waals surface area contributed by atoms with Crippen LogP contribution in [0.25, 0.3) is 0 Å². The first kappa shape index (κ1) is 24.1. The maximum absolute atomic E-state index is 12.1. The molecule has 0 aliphatic heterocycles. The monoisotopic (exact) mass is 416 g/mol. The zero-order valence-corrected chi connectivity index (χ0v) is 17.8. The molecule has 0 aromatic rings. The Hall–Kier alpha value is -1.22. The fourth-order valence-electron chi connectivity index (χ4n) is 5.09. The van der Waals surface area contributed by atoms with E-state index in [1.54, 1.807) is 0 Å². The second kappa shape index (κ2) is 10.7. The Balaban J connectivity index is 2.00. The van der Waals surface area contributed by atoms with Crippen molar-refractivity contribution in [2.75, 3.05) is 27.4 Å². The van der Waals surface area contributed by atoms with Crippen LogP contribution in [0, 0.1) is 35.5 Å². The van der Waals surface area contributed by atoms with Gasteiger partial charge in [0.25, 0.3) is 0 Å². The number of aliphatic hydroxyl groups is 3. The summed E-state index contributed by atoms with van der Waals surface area (Å²) in [5.41, 5.74) is 0. The highest BCUT2D eigenvalue weighted by Crippen LogP contribution is 2.38. The average Bonchev–Trinajstić information content (AvgIpc) is 2.70. The van der Waals surface area contributed by atoms with Crippen LogP contribution in [-0.2, 0) is 23.8 Å². The Bertz CT molecular complexity index is 553. The zero-order chi connectivity index (χ0) is 21.7. The minimum absolute atomic E-state index is 0.120. The van der Waals surface area contributed by atoms with Crippen molar-refractivity contribution in [3.8, 4) is 0 Å². The molecule has 8 nitrogen and oxygen atoms in total. The van der Waals surface area contributed by atoms with E-state index in [9.17, 15) is 24.9 Å². The van der Waals surface area contributed by atoms with E-state index in [1.165, 1.54) is 14.2 Å². The summed E-state index contributed by atoms with van der Waals surface area (Å²) in [5.74, 6) is -2.65. The minimum Gasteiger partial charge on any atom is -0.469 e. The third-order valence-corrected chi connectivity index (χ3v) is 6.78. The quantitative estimate of drug-likeness (QED) is 0.520. The van der Waals surface area contributed by atoms with Crippen molar-refractivity contribution >= 4 is 11.9 Å².